The molecular weight excluding hydrogens is 196 g/mol. The Morgan fingerprint density at radius 1 is 1.38 bits per heavy atom. The Hall–Kier alpha value is -1.15. The minimum atomic E-state index is 0.707. The summed E-state index contributed by atoms with van der Waals surface area (Å²) in [6.07, 6.45) is 7.00. The third-order valence-corrected chi connectivity index (χ3v) is 2.44. The van der Waals surface area contributed by atoms with Crippen LogP contribution in [0.4, 0.5) is 0 Å². The standard InChI is InChI=1S/C14H22N2/c1-4-13(11-16-10-12(2)3)9-14-5-7-15-8-6-14/h5-9,12,16H,4,10-11H2,1-3H3. The zero-order valence-corrected chi connectivity index (χ0v) is 10.5. The van der Waals surface area contributed by atoms with Gasteiger partial charge in [-0.1, -0.05) is 32.4 Å². The van der Waals surface area contributed by atoms with Gasteiger partial charge in [-0.05, 0) is 36.6 Å². The molecule has 0 aliphatic rings. The van der Waals surface area contributed by atoms with E-state index >= 15 is 0 Å². The second-order valence-electron chi connectivity index (χ2n) is 4.46. The molecular formula is C14H22N2. The molecule has 0 amide bonds. The van der Waals surface area contributed by atoms with Gasteiger partial charge in [0.05, 0.1) is 0 Å². The van der Waals surface area contributed by atoms with Crippen LogP contribution in [0.25, 0.3) is 6.08 Å². The first kappa shape index (κ1) is 12.9. The summed E-state index contributed by atoms with van der Waals surface area (Å²) in [4.78, 5) is 4.02. The number of nitrogens with one attached hydrogen (secondary N) is 1. The lowest BCUT2D eigenvalue weighted by Crippen LogP contribution is -2.21. The molecule has 1 N–H and O–H groups in total. The van der Waals surface area contributed by atoms with Crippen molar-refractivity contribution in [2.24, 2.45) is 5.92 Å². The molecule has 2 nitrogen and oxygen atoms in total. The van der Waals surface area contributed by atoms with Crippen LogP contribution >= 0.6 is 0 Å². The highest BCUT2D eigenvalue weighted by atomic mass is 14.9. The van der Waals surface area contributed by atoms with Crippen LogP contribution in [0.2, 0.25) is 0 Å². The van der Waals surface area contributed by atoms with E-state index in [1.807, 2.05) is 24.5 Å². The first-order valence-electron chi connectivity index (χ1n) is 6.02. The molecule has 16 heavy (non-hydrogen) atoms. The Morgan fingerprint density at radius 2 is 2.06 bits per heavy atom. The summed E-state index contributed by atoms with van der Waals surface area (Å²) in [5.74, 6) is 0.707. The second-order valence-corrected chi connectivity index (χ2v) is 4.46. The number of rotatable bonds is 6. The van der Waals surface area contributed by atoms with Crippen molar-refractivity contribution in [3.8, 4) is 0 Å². The minimum absolute atomic E-state index is 0.707. The van der Waals surface area contributed by atoms with E-state index in [0.717, 1.165) is 19.5 Å². The number of pyridine rings is 1. The van der Waals surface area contributed by atoms with Gasteiger partial charge < -0.3 is 5.32 Å². The van der Waals surface area contributed by atoms with E-state index in [-0.39, 0.29) is 0 Å². The van der Waals surface area contributed by atoms with Gasteiger partial charge in [0, 0.05) is 18.9 Å². The Labute approximate surface area is 98.8 Å². The molecule has 0 saturated heterocycles. The van der Waals surface area contributed by atoms with Crippen LogP contribution in [0.3, 0.4) is 0 Å². The highest BCUT2D eigenvalue weighted by Gasteiger charge is 1.97. The fourth-order valence-electron chi connectivity index (χ4n) is 1.49. The highest BCUT2D eigenvalue weighted by molar-refractivity contribution is 5.52. The van der Waals surface area contributed by atoms with Gasteiger partial charge in [0.1, 0.15) is 0 Å². The van der Waals surface area contributed by atoms with Crippen LogP contribution in [0.1, 0.15) is 32.8 Å². The van der Waals surface area contributed by atoms with Crippen LogP contribution < -0.4 is 5.32 Å². The molecule has 0 unspecified atom stereocenters. The van der Waals surface area contributed by atoms with Crippen LogP contribution in [-0.2, 0) is 0 Å². The van der Waals surface area contributed by atoms with Crippen LogP contribution in [0.5, 0.6) is 0 Å². The molecule has 0 spiro atoms. The molecule has 0 atom stereocenters. The smallest absolute Gasteiger partial charge is 0.0273 e. The second kappa shape index (κ2) is 7.18. The first-order chi connectivity index (χ1) is 7.72. The third kappa shape index (κ3) is 5.08. The Balaban J connectivity index is 2.50. The molecule has 0 aliphatic heterocycles. The Morgan fingerprint density at radius 3 is 2.62 bits per heavy atom. The van der Waals surface area contributed by atoms with E-state index in [0.29, 0.717) is 5.92 Å². The maximum absolute atomic E-state index is 4.02. The number of hydrogen-bond acceptors (Lipinski definition) is 2. The molecule has 1 rings (SSSR count). The van der Waals surface area contributed by atoms with Crippen molar-refractivity contribution >= 4 is 6.08 Å². The van der Waals surface area contributed by atoms with Crippen molar-refractivity contribution in [3.05, 3.63) is 35.7 Å². The fourth-order valence-corrected chi connectivity index (χ4v) is 1.49. The zero-order chi connectivity index (χ0) is 11.8. The van der Waals surface area contributed by atoms with E-state index in [4.69, 9.17) is 0 Å². The van der Waals surface area contributed by atoms with Crippen LogP contribution in [-0.4, -0.2) is 18.1 Å². The first-order valence-corrected chi connectivity index (χ1v) is 6.02. The van der Waals surface area contributed by atoms with Crippen LogP contribution in [0, 0.1) is 5.92 Å². The molecule has 1 heterocycles. The molecule has 0 aromatic carbocycles. The topological polar surface area (TPSA) is 24.9 Å². The lowest BCUT2D eigenvalue weighted by Gasteiger charge is -2.09. The summed E-state index contributed by atoms with van der Waals surface area (Å²) < 4.78 is 0. The molecule has 88 valence electrons. The molecule has 0 aliphatic carbocycles. The largest absolute Gasteiger partial charge is 0.313 e. The number of nitrogens with zero attached hydrogens (tertiary/aromatic N) is 1. The van der Waals surface area contributed by atoms with E-state index < -0.39 is 0 Å². The van der Waals surface area contributed by atoms with Crippen molar-refractivity contribution < 1.29 is 0 Å². The average molecular weight is 218 g/mol. The number of aromatic nitrogens is 1. The summed E-state index contributed by atoms with van der Waals surface area (Å²) in [6.45, 7) is 8.71. The van der Waals surface area contributed by atoms with Crippen molar-refractivity contribution in [2.45, 2.75) is 27.2 Å². The van der Waals surface area contributed by atoms with E-state index in [9.17, 15) is 0 Å². The molecule has 0 fully saturated rings. The average Bonchev–Trinajstić information content (AvgIpc) is 2.28. The van der Waals surface area contributed by atoms with E-state index in [1.54, 1.807) is 0 Å². The van der Waals surface area contributed by atoms with E-state index in [2.05, 4.69) is 37.1 Å². The summed E-state index contributed by atoms with van der Waals surface area (Å²) in [7, 11) is 0. The number of hydrogen-bond donors (Lipinski definition) is 1. The van der Waals surface area contributed by atoms with Gasteiger partial charge in [-0.25, -0.2) is 0 Å². The minimum Gasteiger partial charge on any atom is -0.313 e. The quantitative estimate of drug-likeness (QED) is 0.793. The summed E-state index contributed by atoms with van der Waals surface area (Å²) >= 11 is 0. The van der Waals surface area contributed by atoms with Crippen molar-refractivity contribution in [1.82, 2.24) is 10.3 Å². The monoisotopic (exact) mass is 218 g/mol. The predicted molar refractivity (Wildman–Crippen MR) is 70.2 cm³/mol. The summed E-state index contributed by atoms with van der Waals surface area (Å²) in [5, 5.41) is 3.47. The van der Waals surface area contributed by atoms with Gasteiger partial charge in [0.25, 0.3) is 0 Å². The maximum atomic E-state index is 4.02. The molecule has 2 heteroatoms. The maximum Gasteiger partial charge on any atom is 0.0273 e. The van der Waals surface area contributed by atoms with Crippen molar-refractivity contribution in [2.75, 3.05) is 13.1 Å². The van der Waals surface area contributed by atoms with E-state index in [1.165, 1.54) is 11.1 Å². The normalized spacial score (nSPS) is 12.1. The van der Waals surface area contributed by atoms with Gasteiger partial charge in [-0.2, -0.15) is 0 Å². The summed E-state index contributed by atoms with van der Waals surface area (Å²) in [6, 6.07) is 4.08. The molecule has 1 aromatic rings. The zero-order valence-electron chi connectivity index (χ0n) is 10.5. The molecule has 0 radical (unpaired) electrons. The SMILES string of the molecule is CCC(=Cc1ccncc1)CNCC(C)C. The van der Waals surface area contributed by atoms with Crippen LogP contribution in [0.15, 0.2) is 30.1 Å². The van der Waals surface area contributed by atoms with Crippen molar-refractivity contribution in [3.63, 3.8) is 0 Å². The summed E-state index contributed by atoms with van der Waals surface area (Å²) in [5.41, 5.74) is 2.67. The predicted octanol–water partition coefficient (Wildman–Crippen LogP) is 3.12. The lowest BCUT2D eigenvalue weighted by atomic mass is 10.1. The molecule has 0 saturated carbocycles. The Kier molecular flexibility index (Phi) is 5.79. The van der Waals surface area contributed by atoms with Gasteiger partial charge in [-0.15, -0.1) is 0 Å². The van der Waals surface area contributed by atoms with Gasteiger partial charge in [0.15, 0.2) is 0 Å². The molecule has 0 bridgehead atoms. The van der Waals surface area contributed by atoms with Gasteiger partial charge in [0.2, 0.25) is 0 Å². The lowest BCUT2D eigenvalue weighted by molar-refractivity contribution is 0.569. The third-order valence-electron chi connectivity index (χ3n) is 2.44. The Bertz CT molecular complexity index is 315. The van der Waals surface area contributed by atoms with Crippen molar-refractivity contribution in [1.29, 1.82) is 0 Å². The van der Waals surface area contributed by atoms with Gasteiger partial charge in [-0.3, -0.25) is 4.98 Å². The fraction of sp³-hybridized carbons (Fsp3) is 0.500. The molecule has 1 aromatic heterocycles. The van der Waals surface area contributed by atoms with Gasteiger partial charge >= 0.3 is 0 Å². The highest BCUT2D eigenvalue weighted by Crippen LogP contribution is 2.07.